The van der Waals surface area contributed by atoms with Crippen molar-refractivity contribution in [2.75, 3.05) is 0 Å². The van der Waals surface area contributed by atoms with E-state index in [0.717, 1.165) is 11.1 Å². The van der Waals surface area contributed by atoms with Crippen LogP contribution in [0.2, 0.25) is 0 Å². The molecule has 1 saturated carbocycles. The summed E-state index contributed by atoms with van der Waals surface area (Å²) in [4.78, 5) is 12.4. The van der Waals surface area contributed by atoms with Gasteiger partial charge in [0.15, 0.2) is 0 Å². The number of aromatic hydroxyl groups is 1. The fraction of sp³-hybridized carbons (Fsp3) is 0.412. The molecule has 1 fully saturated rings. The van der Waals surface area contributed by atoms with E-state index in [9.17, 15) is 15.0 Å². The van der Waals surface area contributed by atoms with Crippen molar-refractivity contribution in [3.05, 3.63) is 47.8 Å². The van der Waals surface area contributed by atoms with E-state index >= 15 is 0 Å². The van der Waals surface area contributed by atoms with Crippen LogP contribution in [-0.2, 0) is 18.3 Å². The number of aromatic nitrogens is 2. The lowest BCUT2D eigenvalue weighted by atomic mass is 9.75. The molecular formula is C17H21N3O3. The van der Waals surface area contributed by atoms with E-state index in [4.69, 9.17) is 0 Å². The van der Waals surface area contributed by atoms with Gasteiger partial charge in [-0.05, 0) is 36.5 Å². The summed E-state index contributed by atoms with van der Waals surface area (Å²) >= 11 is 0. The molecule has 1 aromatic carbocycles. The Morgan fingerprint density at radius 3 is 2.87 bits per heavy atom. The zero-order valence-electron chi connectivity index (χ0n) is 13.0. The van der Waals surface area contributed by atoms with Crippen molar-refractivity contribution in [2.24, 2.45) is 13.0 Å². The van der Waals surface area contributed by atoms with Crippen molar-refractivity contribution in [1.82, 2.24) is 15.1 Å². The molecule has 0 radical (unpaired) electrons. The summed E-state index contributed by atoms with van der Waals surface area (Å²) in [7, 11) is 1.84. The summed E-state index contributed by atoms with van der Waals surface area (Å²) in [6.45, 7) is 0. The van der Waals surface area contributed by atoms with Crippen molar-refractivity contribution < 1.29 is 15.0 Å². The van der Waals surface area contributed by atoms with Crippen LogP contribution in [0.25, 0.3) is 0 Å². The lowest BCUT2D eigenvalue weighted by Crippen LogP contribution is -2.41. The highest BCUT2D eigenvalue weighted by molar-refractivity contribution is 5.79. The molecule has 122 valence electrons. The van der Waals surface area contributed by atoms with Crippen molar-refractivity contribution in [3.63, 3.8) is 0 Å². The number of phenols is 1. The highest BCUT2D eigenvalue weighted by Crippen LogP contribution is 2.38. The van der Waals surface area contributed by atoms with E-state index < -0.39 is 0 Å². The van der Waals surface area contributed by atoms with Gasteiger partial charge in [-0.15, -0.1) is 0 Å². The van der Waals surface area contributed by atoms with Gasteiger partial charge in [0.25, 0.3) is 0 Å². The predicted molar refractivity (Wildman–Crippen MR) is 84.6 cm³/mol. The van der Waals surface area contributed by atoms with Gasteiger partial charge in [-0.25, -0.2) is 0 Å². The van der Waals surface area contributed by atoms with Crippen LogP contribution in [0.1, 0.15) is 30.0 Å². The van der Waals surface area contributed by atoms with Crippen molar-refractivity contribution in [2.45, 2.75) is 31.4 Å². The maximum atomic E-state index is 12.4. The first-order valence-corrected chi connectivity index (χ1v) is 7.75. The van der Waals surface area contributed by atoms with Crippen LogP contribution in [0.15, 0.2) is 36.7 Å². The van der Waals surface area contributed by atoms with E-state index in [2.05, 4.69) is 10.4 Å². The maximum absolute atomic E-state index is 12.4. The molecule has 0 unspecified atom stereocenters. The quantitative estimate of drug-likeness (QED) is 0.776. The average molecular weight is 315 g/mol. The molecule has 3 N–H and O–H groups in total. The minimum absolute atomic E-state index is 0.106. The number of nitrogens with zero attached hydrogens (tertiary/aromatic N) is 2. The third kappa shape index (κ3) is 3.71. The first-order chi connectivity index (χ1) is 11.0. The highest BCUT2D eigenvalue weighted by Gasteiger charge is 2.36. The number of amides is 1. The summed E-state index contributed by atoms with van der Waals surface area (Å²) in [6.07, 6.45) is 4.95. The van der Waals surface area contributed by atoms with Gasteiger partial charge in [0, 0.05) is 18.8 Å². The smallest absolute Gasteiger partial charge is 0.224 e. The second kappa shape index (κ2) is 6.42. The molecule has 23 heavy (non-hydrogen) atoms. The van der Waals surface area contributed by atoms with Crippen LogP contribution in [0.4, 0.5) is 0 Å². The molecule has 0 aliphatic heterocycles. The first-order valence-electron chi connectivity index (χ1n) is 7.75. The maximum Gasteiger partial charge on any atom is 0.224 e. The van der Waals surface area contributed by atoms with Crippen LogP contribution in [-0.4, -0.2) is 32.0 Å². The summed E-state index contributed by atoms with van der Waals surface area (Å²) in [5.74, 6) is 0.273. The number of aliphatic hydroxyl groups is 1. The van der Waals surface area contributed by atoms with E-state index in [-0.39, 0.29) is 36.1 Å². The molecule has 1 aliphatic carbocycles. The molecule has 1 atom stereocenters. The third-order valence-electron chi connectivity index (χ3n) is 4.30. The Morgan fingerprint density at radius 2 is 2.26 bits per heavy atom. The Morgan fingerprint density at radius 1 is 1.48 bits per heavy atom. The van der Waals surface area contributed by atoms with Crippen molar-refractivity contribution >= 4 is 5.91 Å². The van der Waals surface area contributed by atoms with Gasteiger partial charge in [0.2, 0.25) is 5.91 Å². The van der Waals surface area contributed by atoms with Gasteiger partial charge < -0.3 is 15.5 Å². The third-order valence-corrected chi connectivity index (χ3v) is 4.30. The Balaban J connectivity index is 1.69. The normalized spacial score (nSPS) is 21.5. The molecule has 1 amide bonds. The monoisotopic (exact) mass is 315 g/mol. The number of phenolic OH excluding ortho intramolecular Hbond substituents is 1. The lowest BCUT2D eigenvalue weighted by Gasteiger charge is -2.37. The Hall–Kier alpha value is -2.34. The lowest BCUT2D eigenvalue weighted by molar-refractivity contribution is -0.122. The number of benzene rings is 1. The van der Waals surface area contributed by atoms with Crippen LogP contribution >= 0.6 is 0 Å². The number of carbonyl (C=O) groups excluding carboxylic acids is 1. The molecule has 0 saturated heterocycles. The van der Waals surface area contributed by atoms with Crippen molar-refractivity contribution in [1.29, 1.82) is 0 Å². The number of rotatable bonds is 5. The number of aryl methyl sites for hydroxylation is 1. The van der Waals surface area contributed by atoms with E-state index in [0.29, 0.717) is 12.8 Å². The van der Waals surface area contributed by atoms with Gasteiger partial charge in [-0.3, -0.25) is 9.48 Å². The zero-order chi connectivity index (χ0) is 16.4. The van der Waals surface area contributed by atoms with Gasteiger partial charge in [-0.2, -0.15) is 5.10 Å². The van der Waals surface area contributed by atoms with Gasteiger partial charge in [0.05, 0.1) is 24.8 Å². The number of carbonyl (C=O) groups is 1. The standard InChI is InChI=1S/C17H21N3O3/c1-20-10-13(9-18-20)17(12-7-15(22)8-12)19-16(23)6-11-3-2-4-14(21)5-11/h2-5,9-10,12,15,17,21-22H,6-8H2,1H3,(H,19,23)/t12?,15?,17-/m0/s1. The Kier molecular flexibility index (Phi) is 4.34. The van der Waals surface area contributed by atoms with Gasteiger partial charge in [-0.1, -0.05) is 12.1 Å². The Labute approximate surface area is 134 Å². The summed E-state index contributed by atoms with van der Waals surface area (Å²) in [5, 5.41) is 26.3. The first kappa shape index (κ1) is 15.6. The van der Waals surface area contributed by atoms with Crippen LogP contribution in [0, 0.1) is 5.92 Å². The van der Waals surface area contributed by atoms with Crippen LogP contribution in [0.3, 0.4) is 0 Å². The molecule has 0 spiro atoms. The van der Waals surface area contributed by atoms with E-state index in [1.54, 1.807) is 29.1 Å². The van der Waals surface area contributed by atoms with Gasteiger partial charge >= 0.3 is 0 Å². The molecule has 2 aromatic rings. The minimum Gasteiger partial charge on any atom is -0.508 e. The minimum atomic E-state index is -0.276. The fourth-order valence-electron chi connectivity index (χ4n) is 3.05. The largest absolute Gasteiger partial charge is 0.508 e. The molecule has 6 nitrogen and oxygen atoms in total. The molecule has 3 rings (SSSR count). The number of nitrogens with one attached hydrogen (secondary N) is 1. The summed E-state index contributed by atoms with van der Waals surface area (Å²) in [5.41, 5.74) is 1.72. The summed E-state index contributed by atoms with van der Waals surface area (Å²) in [6, 6.07) is 6.56. The average Bonchev–Trinajstić information content (AvgIpc) is 2.88. The molecule has 0 bridgehead atoms. The molecule has 1 aliphatic rings. The second-order valence-electron chi connectivity index (χ2n) is 6.22. The second-order valence-corrected chi connectivity index (χ2v) is 6.22. The highest BCUT2D eigenvalue weighted by atomic mass is 16.3. The SMILES string of the molecule is Cn1cc([C@@H](NC(=O)Cc2cccc(O)c2)C2CC(O)C2)cn1. The predicted octanol–water partition coefficient (Wildman–Crippen LogP) is 1.30. The topological polar surface area (TPSA) is 87.4 Å². The van der Waals surface area contributed by atoms with E-state index in [1.165, 1.54) is 0 Å². The number of hydrogen-bond donors (Lipinski definition) is 3. The van der Waals surface area contributed by atoms with E-state index in [1.807, 2.05) is 19.3 Å². The van der Waals surface area contributed by atoms with Crippen LogP contribution in [0.5, 0.6) is 5.75 Å². The van der Waals surface area contributed by atoms with Crippen LogP contribution < -0.4 is 5.32 Å². The molecule has 1 heterocycles. The summed E-state index contributed by atoms with van der Waals surface area (Å²) < 4.78 is 1.71. The zero-order valence-corrected chi connectivity index (χ0v) is 13.0. The molecular weight excluding hydrogens is 294 g/mol. The molecule has 1 aromatic heterocycles. The van der Waals surface area contributed by atoms with Gasteiger partial charge in [0.1, 0.15) is 5.75 Å². The fourth-order valence-corrected chi connectivity index (χ4v) is 3.05. The van der Waals surface area contributed by atoms with Crippen molar-refractivity contribution in [3.8, 4) is 5.75 Å². The molecule has 6 heteroatoms. The number of aliphatic hydroxyl groups excluding tert-OH is 1. The Bertz CT molecular complexity index is 692. The number of hydrogen-bond acceptors (Lipinski definition) is 4.